The van der Waals surface area contributed by atoms with Gasteiger partial charge in [-0.05, 0) is 54.8 Å². The summed E-state index contributed by atoms with van der Waals surface area (Å²) >= 11 is 0. The normalized spacial score (nSPS) is 18.7. The van der Waals surface area contributed by atoms with Crippen molar-refractivity contribution in [3.05, 3.63) is 82.9 Å². The second-order valence-corrected chi connectivity index (χ2v) is 8.82. The first-order valence-electron chi connectivity index (χ1n) is 12.9. The quantitative estimate of drug-likeness (QED) is 0.259. The minimum atomic E-state index is -0.717. The number of amides is 1. The van der Waals surface area contributed by atoms with Crippen LogP contribution >= 0.6 is 0 Å². The fourth-order valence-corrected chi connectivity index (χ4v) is 4.25. The van der Waals surface area contributed by atoms with Gasteiger partial charge in [0.25, 0.3) is 5.91 Å². The molecule has 1 aliphatic rings. The van der Waals surface area contributed by atoms with Crippen molar-refractivity contribution in [2.24, 2.45) is 5.92 Å². The number of carbonyl (C=O) groups is 2. The monoisotopic (exact) mass is 545 g/mol. The van der Waals surface area contributed by atoms with Crippen LogP contribution in [0.25, 0.3) is 0 Å². The summed E-state index contributed by atoms with van der Waals surface area (Å²) in [5, 5.41) is 11.6. The van der Waals surface area contributed by atoms with Crippen LogP contribution in [0.4, 0.5) is 4.39 Å². The average Bonchev–Trinajstić information content (AvgIpc) is 2.96. The maximum Gasteiger partial charge on any atom is 0.337 e. The fraction of sp³-hybridized carbons (Fsp3) is 0.448. The number of allylic oxidation sites excluding steroid dienone is 1. The number of aliphatic hydroxyl groups is 1. The molecule has 9 nitrogen and oxygen atoms in total. The highest BCUT2D eigenvalue weighted by molar-refractivity contribution is 5.92. The molecule has 2 aromatic carbocycles. The SMILES string of the molecule is CCO[C@H]1OC(C(=O)NCc2ccc(F)cc2)=C[C@@H](c2ccc(C(=O)OC)cc2)[C@@H]1CCOCCOCCO. The number of esters is 1. The highest BCUT2D eigenvalue weighted by Gasteiger charge is 2.38. The number of halogens is 1. The van der Waals surface area contributed by atoms with Crippen molar-refractivity contribution in [2.75, 3.05) is 46.8 Å². The van der Waals surface area contributed by atoms with E-state index in [4.69, 9.17) is 28.8 Å². The van der Waals surface area contributed by atoms with Gasteiger partial charge in [-0.3, -0.25) is 4.79 Å². The molecular weight excluding hydrogens is 509 g/mol. The Morgan fingerprint density at radius 1 is 1.00 bits per heavy atom. The predicted octanol–water partition coefficient (Wildman–Crippen LogP) is 3.32. The maximum atomic E-state index is 13.2. The summed E-state index contributed by atoms with van der Waals surface area (Å²) in [7, 11) is 1.33. The molecule has 0 unspecified atom stereocenters. The topological polar surface area (TPSA) is 113 Å². The average molecular weight is 546 g/mol. The number of hydrogen-bond acceptors (Lipinski definition) is 8. The lowest BCUT2D eigenvalue weighted by Gasteiger charge is -2.37. The van der Waals surface area contributed by atoms with Gasteiger partial charge in [0.05, 0.1) is 39.1 Å². The molecule has 0 saturated carbocycles. The van der Waals surface area contributed by atoms with Gasteiger partial charge in [0, 0.05) is 31.6 Å². The van der Waals surface area contributed by atoms with Gasteiger partial charge in [0.1, 0.15) is 5.82 Å². The van der Waals surface area contributed by atoms with Gasteiger partial charge < -0.3 is 34.1 Å². The third kappa shape index (κ3) is 9.14. The minimum absolute atomic E-state index is 0.0436. The lowest BCUT2D eigenvalue weighted by molar-refractivity contribution is -0.168. The van der Waals surface area contributed by atoms with Crippen molar-refractivity contribution >= 4 is 11.9 Å². The molecule has 1 amide bonds. The third-order valence-corrected chi connectivity index (χ3v) is 6.23. The highest BCUT2D eigenvalue weighted by Crippen LogP contribution is 2.39. The zero-order chi connectivity index (χ0) is 28.0. The van der Waals surface area contributed by atoms with Gasteiger partial charge in [0.15, 0.2) is 5.76 Å². The number of carbonyl (C=O) groups excluding carboxylic acids is 2. The van der Waals surface area contributed by atoms with Crippen molar-refractivity contribution < 1.29 is 42.8 Å². The molecule has 2 aromatic rings. The van der Waals surface area contributed by atoms with E-state index in [1.165, 1.54) is 19.2 Å². The van der Waals surface area contributed by atoms with Gasteiger partial charge in [-0.1, -0.05) is 24.3 Å². The van der Waals surface area contributed by atoms with Crippen LogP contribution in [0.3, 0.4) is 0 Å². The molecule has 3 rings (SSSR count). The van der Waals surface area contributed by atoms with Gasteiger partial charge in [0.2, 0.25) is 6.29 Å². The van der Waals surface area contributed by atoms with Crippen LogP contribution in [0.1, 0.15) is 40.7 Å². The molecular formula is C29H36FNO8. The van der Waals surface area contributed by atoms with Crippen molar-refractivity contribution in [3.63, 3.8) is 0 Å². The highest BCUT2D eigenvalue weighted by atomic mass is 19.1. The fourth-order valence-electron chi connectivity index (χ4n) is 4.25. The van der Waals surface area contributed by atoms with Gasteiger partial charge in [-0.2, -0.15) is 0 Å². The first-order chi connectivity index (χ1) is 19.0. The molecule has 212 valence electrons. The number of rotatable bonds is 15. The van der Waals surface area contributed by atoms with Crippen molar-refractivity contribution in [1.29, 1.82) is 0 Å². The van der Waals surface area contributed by atoms with E-state index in [9.17, 15) is 14.0 Å². The minimum Gasteiger partial charge on any atom is -0.465 e. The number of benzene rings is 2. The summed E-state index contributed by atoms with van der Waals surface area (Å²) < 4.78 is 40.9. The van der Waals surface area contributed by atoms with Crippen LogP contribution < -0.4 is 5.32 Å². The Morgan fingerprint density at radius 3 is 2.33 bits per heavy atom. The zero-order valence-corrected chi connectivity index (χ0v) is 22.3. The molecule has 0 radical (unpaired) electrons. The first kappa shape index (κ1) is 30.2. The molecule has 0 aromatic heterocycles. The Labute approximate surface area is 227 Å². The predicted molar refractivity (Wildman–Crippen MR) is 140 cm³/mol. The molecule has 1 aliphatic heterocycles. The second kappa shape index (κ2) is 15.9. The number of nitrogens with one attached hydrogen (secondary N) is 1. The van der Waals surface area contributed by atoms with Crippen LogP contribution in [0.2, 0.25) is 0 Å². The van der Waals surface area contributed by atoms with Gasteiger partial charge >= 0.3 is 5.97 Å². The van der Waals surface area contributed by atoms with Crippen LogP contribution in [-0.2, 0) is 35.0 Å². The van der Waals surface area contributed by atoms with Crippen LogP contribution in [-0.4, -0.2) is 70.0 Å². The summed E-state index contributed by atoms with van der Waals surface area (Å²) in [6.45, 7) is 3.78. The number of aliphatic hydroxyl groups excluding tert-OH is 1. The third-order valence-electron chi connectivity index (χ3n) is 6.23. The van der Waals surface area contributed by atoms with E-state index in [1.54, 1.807) is 30.3 Å². The number of hydrogen-bond donors (Lipinski definition) is 2. The Hall–Kier alpha value is -3.31. The van der Waals surface area contributed by atoms with E-state index < -0.39 is 18.2 Å². The number of methoxy groups -OCH3 is 1. The molecule has 1 heterocycles. The Bertz CT molecular complexity index is 1070. The summed E-state index contributed by atoms with van der Waals surface area (Å²) in [4.78, 5) is 25.0. The maximum absolute atomic E-state index is 13.2. The summed E-state index contributed by atoms with van der Waals surface area (Å²) in [6.07, 6.45) is 1.61. The van der Waals surface area contributed by atoms with E-state index in [1.807, 2.05) is 19.1 Å². The molecule has 3 atom stereocenters. The molecule has 0 saturated heterocycles. The molecule has 10 heteroatoms. The smallest absolute Gasteiger partial charge is 0.337 e. The first-order valence-corrected chi connectivity index (χ1v) is 12.9. The van der Waals surface area contributed by atoms with E-state index in [0.29, 0.717) is 38.4 Å². The van der Waals surface area contributed by atoms with E-state index in [-0.39, 0.29) is 43.2 Å². The van der Waals surface area contributed by atoms with E-state index in [0.717, 1.165) is 11.1 Å². The van der Waals surface area contributed by atoms with Crippen molar-refractivity contribution in [1.82, 2.24) is 5.32 Å². The van der Waals surface area contributed by atoms with Crippen LogP contribution in [0.5, 0.6) is 0 Å². The second-order valence-electron chi connectivity index (χ2n) is 8.82. The van der Waals surface area contributed by atoms with Crippen molar-refractivity contribution in [2.45, 2.75) is 32.1 Å². The van der Waals surface area contributed by atoms with E-state index in [2.05, 4.69) is 5.32 Å². The van der Waals surface area contributed by atoms with Crippen LogP contribution in [0, 0.1) is 11.7 Å². The lowest BCUT2D eigenvalue weighted by Crippen LogP contribution is -2.39. The number of ether oxygens (including phenoxy) is 5. The molecule has 0 fully saturated rings. The zero-order valence-electron chi connectivity index (χ0n) is 22.3. The van der Waals surface area contributed by atoms with Gasteiger partial charge in [-0.25, -0.2) is 9.18 Å². The Morgan fingerprint density at radius 2 is 1.69 bits per heavy atom. The Kier molecular flexibility index (Phi) is 12.4. The van der Waals surface area contributed by atoms with Crippen LogP contribution in [0.15, 0.2) is 60.4 Å². The summed E-state index contributed by atoms with van der Waals surface area (Å²) in [6, 6.07) is 12.9. The molecule has 2 N–H and O–H groups in total. The summed E-state index contributed by atoms with van der Waals surface area (Å²) in [5.41, 5.74) is 2.03. The van der Waals surface area contributed by atoms with Gasteiger partial charge in [-0.15, -0.1) is 0 Å². The standard InChI is InChI=1S/C29H36FNO8/c1-3-38-29-24(12-14-36-16-17-37-15-13-32)25(21-6-8-22(9-7-21)28(34)35-2)18-26(39-29)27(33)31-19-20-4-10-23(30)11-5-20/h4-11,18,24-25,29,32H,3,12-17,19H2,1-2H3,(H,31,33)/t24-,25-,29-/m0/s1. The van der Waals surface area contributed by atoms with Crippen molar-refractivity contribution in [3.8, 4) is 0 Å². The molecule has 0 spiro atoms. The van der Waals surface area contributed by atoms with E-state index >= 15 is 0 Å². The molecule has 39 heavy (non-hydrogen) atoms. The summed E-state index contributed by atoms with van der Waals surface area (Å²) in [5.74, 6) is -1.56. The molecule has 0 bridgehead atoms. The lowest BCUT2D eigenvalue weighted by atomic mass is 9.81. The largest absolute Gasteiger partial charge is 0.465 e. The molecule has 0 aliphatic carbocycles. The Balaban J connectivity index is 1.79.